The number of aryl methyl sites for hydroxylation is 3. The fraction of sp³-hybridized carbons (Fsp3) is 0.161. The van der Waals surface area contributed by atoms with Gasteiger partial charge in [-0.3, -0.25) is 5.10 Å². The van der Waals surface area contributed by atoms with Gasteiger partial charge in [0.05, 0.1) is 11.1 Å². The van der Waals surface area contributed by atoms with Crippen molar-refractivity contribution in [1.82, 2.24) is 49.9 Å². The van der Waals surface area contributed by atoms with Gasteiger partial charge in [0.15, 0.2) is 16.1 Å². The molecule has 0 aliphatic heterocycles. The van der Waals surface area contributed by atoms with Crippen molar-refractivity contribution in [3.8, 4) is 5.95 Å². The highest BCUT2D eigenvalue weighted by atomic mass is 32.2. The molecule has 18 heteroatoms. The number of benzene rings is 2. The number of aromatic amines is 1. The minimum absolute atomic E-state index is 0.233. The number of nitrogens with zero attached hydrogens (tertiary/aromatic N) is 9. The Kier molecular flexibility index (Phi) is 11.1. The lowest BCUT2D eigenvalue weighted by Gasteiger charge is -2.06. The predicted octanol–water partition coefficient (Wildman–Crippen LogP) is 5.11. The number of nitrogen functional groups attached to an aromatic ring is 1. The standard InChI is InChI=1S/C16H16N6O2S.C15H14N6O2S/c1-3-12-17-15(18-13-8-9(2)21-22-13)20-16(19-12)25-11-6-4-10(5-7-11)14(23)24;1-2-12-17-14(21-8-7-11(16)20-21)19-15(18-12)24-10-5-3-9(4-6-10)13(22)23/h4-8H,3H2,1-2H3,(H,23,24)(H2,17,18,19,20,21,22);3-8H,2H2,1H3,(H2,16,20)(H,22,23). The third kappa shape index (κ3) is 9.58. The number of anilines is 3. The number of carboxylic acids is 2. The van der Waals surface area contributed by atoms with E-state index in [0.29, 0.717) is 58.3 Å². The van der Waals surface area contributed by atoms with Gasteiger partial charge >= 0.3 is 11.9 Å². The number of aromatic carboxylic acids is 2. The Morgan fingerprint density at radius 3 is 1.82 bits per heavy atom. The first-order chi connectivity index (χ1) is 23.6. The zero-order valence-electron chi connectivity index (χ0n) is 26.4. The van der Waals surface area contributed by atoms with Crippen LogP contribution in [0.25, 0.3) is 5.95 Å². The van der Waals surface area contributed by atoms with Crippen molar-refractivity contribution >= 4 is 53.0 Å². The molecular weight excluding hydrogens is 669 g/mol. The topological polar surface area (TPSA) is 236 Å². The van der Waals surface area contributed by atoms with E-state index in [1.54, 1.807) is 60.8 Å². The average molecular weight is 699 g/mol. The molecular formula is C31H30N12O4S2. The second-order valence-electron chi connectivity index (χ2n) is 10.0. The van der Waals surface area contributed by atoms with Gasteiger partial charge < -0.3 is 21.3 Å². The number of hydrogen-bond acceptors (Lipinski definition) is 14. The lowest BCUT2D eigenvalue weighted by Crippen LogP contribution is -2.08. The number of nitrogens with one attached hydrogen (secondary N) is 2. The van der Waals surface area contributed by atoms with E-state index in [2.05, 4.69) is 50.5 Å². The molecule has 4 heterocycles. The molecule has 0 saturated heterocycles. The molecule has 0 fully saturated rings. The number of nitrogens with two attached hydrogens (primary N) is 1. The van der Waals surface area contributed by atoms with Crippen molar-refractivity contribution in [1.29, 1.82) is 0 Å². The SMILES string of the molecule is CCc1nc(Nc2cc(C)[nH]n2)nc(Sc2ccc(C(=O)O)cc2)n1.CCc1nc(Sc2ccc(C(=O)O)cc2)nc(-n2ccc(N)n2)n1. The number of H-pyrrole nitrogens is 1. The normalized spacial score (nSPS) is 10.7. The summed E-state index contributed by atoms with van der Waals surface area (Å²) >= 11 is 2.67. The molecule has 16 nitrogen and oxygen atoms in total. The molecule has 0 aliphatic carbocycles. The van der Waals surface area contributed by atoms with E-state index in [4.69, 9.17) is 15.9 Å². The first-order valence-electron chi connectivity index (χ1n) is 14.7. The molecule has 0 amide bonds. The second kappa shape index (κ2) is 15.8. The molecule has 0 aliphatic rings. The van der Waals surface area contributed by atoms with Crippen LogP contribution in [0.5, 0.6) is 0 Å². The van der Waals surface area contributed by atoms with Crippen molar-refractivity contribution in [3.63, 3.8) is 0 Å². The molecule has 49 heavy (non-hydrogen) atoms. The molecule has 0 radical (unpaired) electrons. The van der Waals surface area contributed by atoms with E-state index in [9.17, 15) is 9.59 Å². The van der Waals surface area contributed by atoms with Gasteiger partial charge in [-0.15, -0.1) is 5.10 Å². The van der Waals surface area contributed by atoms with E-state index in [-0.39, 0.29) is 11.1 Å². The number of aromatic nitrogens is 10. The lowest BCUT2D eigenvalue weighted by molar-refractivity contribution is 0.0686. The smallest absolute Gasteiger partial charge is 0.335 e. The average Bonchev–Trinajstić information content (AvgIpc) is 3.72. The summed E-state index contributed by atoms with van der Waals surface area (Å²) in [5.74, 6) is 1.21. The number of hydrogen-bond donors (Lipinski definition) is 5. The van der Waals surface area contributed by atoms with Crippen LogP contribution in [0.1, 0.15) is 51.9 Å². The zero-order valence-corrected chi connectivity index (χ0v) is 28.0. The molecule has 2 aromatic carbocycles. The highest BCUT2D eigenvalue weighted by molar-refractivity contribution is 7.99. The Hall–Kier alpha value is -5.88. The molecule has 4 aromatic heterocycles. The van der Waals surface area contributed by atoms with Crippen molar-refractivity contribution in [3.05, 3.63) is 95.3 Å². The Morgan fingerprint density at radius 2 is 1.35 bits per heavy atom. The van der Waals surface area contributed by atoms with Crippen LogP contribution >= 0.6 is 23.5 Å². The first-order valence-corrected chi connectivity index (χ1v) is 16.3. The fourth-order valence-electron chi connectivity index (χ4n) is 3.94. The van der Waals surface area contributed by atoms with Crippen LogP contribution in [0.2, 0.25) is 0 Å². The summed E-state index contributed by atoms with van der Waals surface area (Å²) in [5.41, 5.74) is 7.04. The van der Waals surface area contributed by atoms with Gasteiger partial charge in [-0.2, -0.15) is 25.0 Å². The predicted molar refractivity (Wildman–Crippen MR) is 182 cm³/mol. The van der Waals surface area contributed by atoms with Crippen LogP contribution in [0.15, 0.2) is 87.0 Å². The van der Waals surface area contributed by atoms with Crippen molar-refractivity contribution in [2.75, 3.05) is 11.1 Å². The third-order valence-electron chi connectivity index (χ3n) is 6.32. The Labute approximate surface area is 288 Å². The molecule has 250 valence electrons. The Balaban J connectivity index is 0.000000191. The van der Waals surface area contributed by atoms with Gasteiger partial charge in [-0.1, -0.05) is 13.8 Å². The Bertz CT molecular complexity index is 2070. The summed E-state index contributed by atoms with van der Waals surface area (Å²) in [4.78, 5) is 49.8. The minimum atomic E-state index is -0.960. The lowest BCUT2D eigenvalue weighted by atomic mass is 10.2. The van der Waals surface area contributed by atoms with Crippen LogP contribution in [0.3, 0.4) is 0 Å². The summed E-state index contributed by atoms with van der Waals surface area (Å²) < 4.78 is 1.49. The summed E-state index contributed by atoms with van der Waals surface area (Å²) in [5, 5.41) is 33.0. The van der Waals surface area contributed by atoms with Crippen LogP contribution in [-0.4, -0.2) is 72.0 Å². The Morgan fingerprint density at radius 1 is 0.796 bits per heavy atom. The highest BCUT2D eigenvalue weighted by Crippen LogP contribution is 2.27. The third-order valence-corrected chi connectivity index (χ3v) is 8.07. The van der Waals surface area contributed by atoms with Gasteiger partial charge in [0, 0.05) is 46.7 Å². The number of carboxylic acid groups (broad SMARTS) is 2. The quantitative estimate of drug-likeness (QED) is 0.118. The van der Waals surface area contributed by atoms with Crippen LogP contribution in [0, 0.1) is 6.92 Å². The van der Waals surface area contributed by atoms with Gasteiger partial charge in [0.1, 0.15) is 17.5 Å². The molecule has 6 N–H and O–H groups in total. The van der Waals surface area contributed by atoms with Gasteiger partial charge in [-0.25, -0.2) is 24.2 Å². The van der Waals surface area contributed by atoms with Crippen LogP contribution < -0.4 is 11.1 Å². The monoisotopic (exact) mass is 698 g/mol. The van der Waals surface area contributed by atoms with Crippen LogP contribution in [-0.2, 0) is 12.8 Å². The summed E-state index contributed by atoms with van der Waals surface area (Å²) in [6.45, 7) is 5.83. The van der Waals surface area contributed by atoms with E-state index >= 15 is 0 Å². The van der Waals surface area contributed by atoms with Gasteiger partial charge in [0.2, 0.25) is 5.95 Å². The molecule has 0 bridgehead atoms. The van der Waals surface area contributed by atoms with E-state index in [1.807, 2.05) is 26.8 Å². The maximum Gasteiger partial charge on any atom is 0.335 e. The molecule has 6 rings (SSSR count). The molecule has 0 saturated carbocycles. The van der Waals surface area contributed by atoms with Crippen molar-refractivity contribution < 1.29 is 19.8 Å². The second-order valence-corrected chi connectivity index (χ2v) is 12.1. The van der Waals surface area contributed by atoms with Gasteiger partial charge in [0.25, 0.3) is 5.95 Å². The van der Waals surface area contributed by atoms with Crippen molar-refractivity contribution in [2.45, 2.75) is 53.7 Å². The molecule has 6 aromatic rings. The number of rotatable bonds is 11. The largest absolute Gasteiger partial charge is 0.478 e. The molecule has 0 atom stereocenters. The summed E-state index contributed by atoms with van der Waals surface area (Å²) in [6.07, 6.45) is 3.00. The first kappa shape index (κ1) is 34.5. The van der Waals surface area contributed by atoms with Gasteiger partial charge in [-0.05, 0) is 79.0 Å². The van der Waals surface area contributed by atoms with E-state index < -0.39 is 11.9 Å². The summed E-state index contributed by atoms with van der Waals surface area (Å²) in [7, 11) is 0. The minimum Gasteiger partial charge on any atom is -0.478 e. The zero-order chi connectivity index (χ0) is 34.9. The highest BCUT2D eigenvalue weighted by Gasteiger charge is 2.12. The molecule has 0 spiro atoms. The molecule has 0 unspecified atom stereocenters. The van der Waals surface area contributed by atoms with Crippen molar-refractivity contribution in [2.24, 2.45) is 0 Å². The maximum absolute atomic E-state index is 10.9. The van der Waals surface area contributed by atoms with E-state index in [1.165, 1.54) is 28.2 Å². The maximum atomic E-state index is 10.9. The number of carbonyl (C=O) groups is 2. The fourth-order valence-corrected chi connectivity index (χ4v) is 5.47. The van der Waals surface area contributed by atoms with Crippen LogP contribution in [0.4, 0.5) is 17.6 Å². The summed E-state index contributed by atoms with van der Waals surface area (Å²) in [6, 6.07) is 16.6. The van der Waals surface area contributed by atoms with E-state index in [0.717, 1.165) is 15.5 Å².